The maximum absolute atomic E-state index is 14.4. The van der Waals surface area contributed by atoms with E-state index in [1.165, 1.54) is 127 Å². The standard InChI is InChI=1S/C68H98ClN5O10S2/c1-10-12-14-16-18-20-22-23-24-25-27-29-31-35-43-86(80,81)72-55-39-40-56(69)58(48-55)70-65(76)63(64(75)68(6,7)8)83-62-41-38-53(47-59(62)73-85(9,78)79)49-82-67(77)74(42-34-30-28-26-21-19-17-15-13-11-2)60-46-50(3)54(44-51(60)4)45-52(5)66-71-57-36-32-33-37-61(57)84-66/h32-33,36-41,44-48,63,72-73H,10-31,34-35,42-43,49H2,1-9H3,(H,70,76)/b52-45+. The van der Waals surface area contributed by atoms with Crippen LogP contribution in [0, 0.1) is 19.3 Å². The van der Waals surface area contributed by atoms with Crippen LogP contribution in [0.1, 0.15) is 224 Å². The number of allylic oxidation sites excluding steroid dienone is 1. The van der Waals surface area contributed by atoms with E-state index in [1.807, 2.05) is 63.2 Å². The molecule has 0 aliphatic heterocycles. The number of fused-ring (bicyclic) bond motifs is 1. The zero-order chi connectivity index (χ0) is 62.7. The molecule has 3 N–H and O–H groups in total. The fourth-order valence-corrected chi connectivity index (χ4v) is 12.2. The molecule has 0 aliphatic carbocycles. The van der Waals surface area contributed by atoms with Gasteiger partial charge < -0.3 is 19.2 Å². The van der Waals surface area contributed by atoms with Gasteiger partial charge in [0.2, 0.25) is 32.0 Å². The summed E-state index contributed by atoms with van der Waals surface area (Å²) in [6.07, 6.45) is 27.9. The molecule has 18 heteroatoms. The number of benzene rings is 4. The molecule has 2 amide bonds. The topological polar surface area (TPSA) is 203 Å². The molecule has 5 rings (SSSR count). The summed E-state index contributed by atoms with van der Waals surface area (Å²) in [5.41, 5.74) is 5.06. The minimum absolute atomic E-state index is 0.0160. The van der Waals surface area contributed by atoms with E-state index in [-0.39, 0.29) is 40.2 Å². The number of para-hydroxylation sites is 2. The summed E-state index contributed by atoms with van der Waals surface area (Å²) in [5, 5.41) is 2.71. The Morgan fingerprint density at radius 3 is 1.83 bits per heavy atom. The van der Waals surface area contributed by atoms with Crippen molar-refractivity contribution < 1.29 is 45.1 Å². The summed E-state index contributed by atoms with van der Waals surface area (Å²) in [5.74, 6) is -1.29. The molecule has 0 aliphatic rings. The van der Waals surface area contributed by atoms with E-state index in [0.717, 1.165) is 85.4 Å². The molecule has 1 heterocycles. The van der Waals surface area contributed by atoms with Crippen LogP contribution in [-0.2, 0) is 41.0 Å². The van der Waals surface area contributed by atoms with Crippen LogP contribution in [0.5, 0.6) is 5.75 Å². The van der Waals surface area contributed by atoms with Gasteiger partial charge in [-0.2, -0.15) is 0 Å². The number of Topliss-reactive ketones (excluding diaryl/α,β-unsaturated/α-hetero) is 1. The Morgan fingerprint density at radius 2 is 1.26 bits per heavy atom. The molecule has 1 aromatic heterocycles. The molecular formula is C68H98ClN5O10S2. The third kappa shape index (κ3) is 24.7. The molecule has 474 valence electrons. The van der Waals surface area contributed by atoms with Gasteiger partial charge in [0, 0.05) is 17.5 Å². The SMILES string of the molecule is CCCCCCCCCCCCCCCCS(=O)(=O)Nc1ccc(Cl)c(NC(=O)C(Oc2ccc(COC(=O)N(CCCCCCCCCCCC)c3cc(C)c(/C=C(\C)c4nc5ccccc5o4)cc3C)cc2NS(C)(=O)=O)C(=O)C(C)(C)C)c1. The number of anilines is 4. The zero-order valence-corrected chi connectivity index (χ0v) is 55.2. The largest absolute Gasteiger partial charge is 0.470 e. The van der Waals surface area contributed by atoms with Crippen LogP contribution >= 0.6 is 11.6 Å². The number of nitrogens with zero attached hydrogens (tertiary/aromatic N) is 2. The van der Waals surface area contributed by atoms with Crippen molar-refractivity contribution in [3.05, 3.63) is 106 Å². The van der Waals surface area contributed by atoms with Crippen LogP contribution in [0.4, 0.5) is 27.5 Å². The first-order valence-corrected chi connectivity index (χ1v) is 35.4. The van der Waals surface area contributed by atoms with Crippen LogP contribution in [0.3, 0.4) is 0 Å². The summed E-state index contributed by atoms with van der Waals surface area (Å²) in [7, 11) is -7.73. The van der Waals surface area contributed by atoms with Gasteiger partial charge in [0.15, 0.2) is 11.4 Å². The van der Waals surface area contributed by atoms with Gasteiger partial charge in [-0.3, -0.25) is 23.9 Å². The lowest BCUT2D eigenvalue weighted by Gasteiger charge is -2.26. The van der Waals surface area contributed by atoms with Crippen molar-refractivity contribution in [2.45, 2.75) is 222 Å². The van der Waals surface area contributed by atoms with Gasteiger partial charge >= 0.3 is 6.09 Å². The predicted octanol–water partition coefficient (Wildman–Crippen LogP) is 18.3. The number of sulfonamides is 2. The van der Waals surface area contributed by atoms with E-state index in [9.17, 15) is 31.2 Å². The Kier molecular flexibility index (Phi) is 29.5. The first-order chi connectivity index (χ1) is 41.0. The number of carbonyl (C=O) groups excluding carboxylic acids is 3. The van der Waals surface area contributed by atoms with Gasteiger partial charge in [-0.05, 0) is 117 Å². The Balaban J connectivity index is 1.27. The van der Waals surface area contributed by atoms with E-state index in [1.54, 1.807) is 31.7 Å². The van der Waals surface area contributed by atoms with Gasteiger partial charge in [0.25, 0.3) is 5.91 Å². The average Bonchev–Trinajstić information content (AvgIpc) is 1.69. The molecule has 0 radical (unpaired) electrons. The number of aryl methyl sites for hydroxylation is 2. The highest BCUT2D eigenvalue weighted by atomic mass is 35.5. The number of nitrogens with one attached hydrogen (secondary N) is 3. The second kappa shape index (κ2) is 35.8. The van der Waals surface area contributed by atoms with E-state index < -0.39 is 49.3 Å². The molecule has 0 saturated carbocycles. The second-order valence-electron chi connectivity index (χ2n) is 24.2. The van der Waals surface area contributed by atoms with Crippen molar-refractivity contribution in [3.8, 4) is 5.75 Å². The van der Waals surface area contributed by atoms with Gasteiger partial charge in [0.05, 0.1) is 39.8 Å². The number of aromatic nitrogens is 1. The highest BCUT2D eigenvalue weighted by molar-refractivity contribution is 7.92. The normalized spacial score (nSPS) is 12.5. The van der Waals surface area contributed by atoms with Crippen LogP contribution in [0.25, 0.3) is 22.7 Å². The Labute approximate surface area is 519 Å². The van der Waals surface area contributed by atoms with Crippen LogP contribution in [0.15, 0.2) is 77.2 Å². The number of carbonyl (C=O) groups is 3. The maximum Gasteiger partial charge on any atom is 0.414 e. The van der Waals surface area contributed by atoms with Gasteiger partial charge in [-0.1, -0.05) is 206 Å². The molecule has 15 nitrogen and oxygen atoms in total. The number of ketones is 1. The molecule has 0 fully saturated rings. The molecule has 86 heavy (non-hydrogen) atoms. The highest BCUT2D eigenvalue weighted by Gasteiger charge is 2.38. The van der Waals surface area contributed by atoms with Crippen molar-refractivity contribution in [3.63, 3.8) is 0 Å². The van der Waals surface area contributed by atoms with Crippen molar-refractivity contribution in [1.29, 1.82) is 0 Å². The van der Waals surface area contributed by atoms with Crippen molar-refractivity contribution >= 4 is 94.9 Å². The molecule has 1 atom stereocenters. The fraction of sp³-hybridized carbons (Fsp3) is 0.559. The molecule has 5 aromatic rings. The highest BCUT2D eigenvalue weighted by Crippen LogP contribution is 2.34. The first kappa shape index (κ1) is 70.8. The van der Waals surface area contributed by atoms with Crippen LogP contribution in [0.2, 0.25) is 5.02 Å². The minimum Gasteiger partial charge on any atom is -0.470 e. The first-order valence-electron chi connectivity index (χ1n) is 31.5. The number of unbranched alkanes of at least 4 members (excludes halogenated alkanes) is 22. The number of hydrogen-bond donors (Lipinski definition) is 3. The molecule has 0 saturated heterocycles. The number of hydrogen-bond acceptors (Lipinski definition) is 11. The van der Waals surface area contributed by atoms with Gasteiger partial charge in [-0.15, -0.1) is 0 Å². The molecule has 4 aromatic carbocycles. The average molecular weight is 1250 g/mol. The Bertz CT molecular complexity index is 3190. The molecular weight excluding hydrogens is 1150 g/mol. The number of halogens is 1. The summed E-state index contributed by atoms with van der Waals surface area (Å²) in [4.78, 5) is 49.1. The second-order valence-corrected chi connectivity index (χ2v) is 28.2. The number of rotatable bonds is 40. The predicted molar refractivity (Wildman–Crippen MR) is 354 cm³/mol. The summed E-state index contributed by atoms with van der Waals surface area (Å²) < 4.78 is 75.5. The number of amides is 2. The number of oxazole rings is 1. The minimum atomic E-state index is -3.98. The zero-order valence-electron chi connectivity index (χ0n) is 52.8. The van der Waals surface area contributed by atoms with E-state index in [2.05, 4.69) is 33.6 Å². The lowest BCUT2D eigenvalue weighted by Crippen LogP contribution is -2.45. The third-order valence-electron chi connectivity index (χ3n) is 15.3. The smallest absolute Gasteiger partial charge is 0.414 e. The van der Waals surface area contributed by atoms with Crippen molar-refractivity contribution in [2.24, 2.45) is 5.41 Å². The van der Waals surface area contributed by atoms with Crippen LogP contribution in [-0.4, -0.2) is 64.3 Å². The molecule has 0 spiro atoms. The van der Waals surface area contributed by atoms with Gasteiger partial charge in [0.1, 0.15) is 17.9 Å². The quantitative estimate of drug-likeness (QED) is 0.0249. The lowest BCUT2D eigenvalue weighted by atomic mass is 9.87. The third-order valence-corrected chi connectivity index (χ3v) is 17.6. The van der Waals surface area contributed by atoms with E-state index in [4.69, 9.17) is 25.5 Å². The van der Waals surface area contributed by atoms with E-state index >= 15 is 0 Å². The fourth-order valence-electron chi connectivity index (χ4n) is 10.3. The Hall–Kier alpha value is -5.91. The molecule has 1 unspecified atom stereocenters. The van der Waals surface area contributed by atoms with Gasteiger partial charge in [-0.25, -0.2) is 26.6 Å². The molecule has 0 bridgehead atoms. The summed E-state index contributed by atoms with van der Waals surface area (Å²) in [6.45, 7) is 15.3. The van der Waals surface area contributed by atoms with E-state index in [0.29, 0.717) is 35.7 Å². The maximum atomic E-state index is 14.4. The summed E-state index contributed by atoms with van der Waals surface area (Å²) in [6, 6.07) is 20.3. The van der Waals surface area contributed by atoms with Crippen LogP contribution < -0.4 is 24.4 Å². The lowest BCUT2D eigenvalue weighted by molar-refractivity contribution is -0.140. The van der Waals surface area contributed by atoms with Crippen molar-refractivity contribution in [2.75, 3.05) is 38.2 Å². The summed E-state index contributed by atoms with van der Waals surface area (Å²) >= 11 is 6.56. The number of ether oxygens (including phenoxy) is 2. The monoisotopic (exact) mass is 1240 g/mol. The van der Waals surface area contributed by atoms with Crippen molar-refractivity contribution in [1.82, 2.24) is 4.98 Å². The Morgan fingerprint density at radius 1 is 0.686 bits per heavy atom.